The third kappa shape index (κ3) is 4.81. The van der Waals surface area contributed by atoms with Gasteiger partial charge in [0.05, 0.1) is 25.5 Å². The second kappa shape index (κ2) is 9.45. The predicted octanol–water partition coefficient (Wildman–Crippen LogP) is 3.91. The van der Waals surface area contributed by atoms with Crippen molar-refractivity contribution in [3.05, 3.63) is 83.4 Å². The number of anilines is 2. The van der Waals surface area contributed by atoms with Crippen LogP contribution in [0, 0.1) is 0 Å². The maximum absolute atomic E-state index is 12.8. The summed E-state index contributed by atoms with van der Waals surface area (Å²) in [5, 5.41) is 14.6. The van der Waals surface area contributed by atoms with Crippen LogP contribution in [0.15, 0.2) is 66.7 Å². The molecule has 158 valence electrons. The van der Waals surface area contributed by atoms with E-state index in [0.29, 0.717) is 17.2 Å². The van der Waals surface area contributed by atoms with Crippen LogP contribution in [-0.2, 0) is 0 Å². The van der Waals surface area contributed by atoms with E-state index in [1.54, 1.807) is 42.5 Å². The first kappa shape index (κ1) is 21.4. The number of ether oxygens (including phenoxy) is 2. The topological polar surface area (TPSA) is 114 Å². The van der Waals surface area contributed by atoms with Crippen molar-refractivity contribution < 1.29 is 29.0 Å². The van der Waals surface area contributed by atoms with E-state index in [1.807, 2.05) is 0 Å². The number of methoxy groups -OCH3 is 2. The molecule has 0 unspecified atom stereocenters. The van der Waals surface area contributed by atoms with Gasteiger partial charge in [0.25, 0.3) is 11.8 Å². The molecule has 3 aromatic rings. The number of carbonyl (C=O) groups is 3. The van der Waals surface area contributed by atoms with Crippen LogP contribution in [-0.4, -0.2) is 37.1 Å². The summed E-state index contributed by atoms with van der Waals surface area (Å²) in [6, 6.07) is 17.2. The lowest BCUT2D eigenvalue weighted by molar-refractivity contribution is 0.0697. The van der Waals surface area contributed by atoms with Crippen molar-refractivity contribution in [2.75, 3.05) is 24.9 Å². The maximum Gasteiger partial charge on any atom is 0.337 e. The molecule has 3 aromatic carbocycles. The highest BCUT2D eigenvalue weighted by atomic mass is 16.5. The molecule has 0 saturated heterocycles. The molecule has 8 heteroatoms. The number of amides is 2. The molecule has 3 rings (SSSR count). The van der Waals surface area contributed by atoms with Crippen LogP contribution >= 0.6 is 0 Å². The van der Waals surface area contributed by atoms with Gasteiger partial charge in [0.2, 0.25) is 0 Å². The summed E-state index contributed by atoms with van der Waals surface area (Å²) in [5.74, 6) is -1.32. The maximum atomic E-state index is 12.8. The summed E-state index contributed by atoms with van der Waals surface area (Å²) >= 11 is 0. The second-order valence-electron chi connectivity index (χ2n) is 6.38. The first-order chi connectivity index (χ1) is 14.9. The summed E-state index contributed by atoms with van der Waals surface area (Å²) in [7, 11) is 2.95. The number of carboxylic acid groups (broad SMARTS) is 1. The zero-order valence-electron chi connectivity index (χ0n) is 16.8. The van der Waals surface area contributed by atoms with Gasteiger partial charge in [0, 0.05) is 11.1 Å². The van der Waals surface area contributed by atoms with E-state index in [9.17, 15) is 19.5 Å². The van der Waals surface area contributed by atoms with Gasteiger partial charge in [-0.2, -0.15) is 0 Å². The Morgan fingerprint density at radius 1 is 0.742 bits per heavy atom. The lowest BCUT2D eigenvalue weighted by Gasteiger charge is -2.14. The van der Waals surface area contributed by atoms with Gasteiger partial charge < -0.3 is 25.2 Å². The number of hydrogen-bond acceptors (Lipinski definition) is 5. The molecular weight excluding hydrogens is 400 g/mol. The minimum absolute atomic E-state index is 0.0342. The van der Waals surface area contributed by atoms with Crippen molar-refractivity contribution in [1.82, 2.24) is 0 Å². The van der Waals surface area contributed by atoms with E-state index < -0.39 is 17.8 Å². The Morgan fingerprint density at radius 2 is 1.29 bits per heavy atom. The fourth-order valence-electron chi connectivity index (χ4n) is 2.93. The first-order valence-electron chi connectivity index (χ1n) is 9.20. The summed E-state index contributed by atoms with van der Waals surface area (Å²) < 4.78 is 10.6. The molecule has 0 heterocycles. The molecule has 0 radical (unpaired) electrons. The third-order valence-electron chi connectivity index (χ3n) is 4.46. The largest absolute Gasteiger partial charge is 0.494 e. The van der Waals surface area contributed by atoms with E-state index in [4.69, 9.17) is 9.47 Å². The minimum Gasteiger partial charge on any atom is -0.494 e. The zero-order chi connectivity index (χ0) is 22.4. The molecule has 0 spiro atoms. The number of aromatic carboxylic acids is 1. The molecule has 0 saturated carbocycles. The highest BCUT2D eigenvalue weighted by Crippen LogP contribution is 2.34. The number of nitrogens with one attached hydrogen (secondary N) is 2. The predicted molar refractivity (Wildman–Crippen MR) is 115 cm³/mol. The Labute approximate surface area is 178 Å². The van der Waals surface area contributed by atoms with Crippen LogP contribution in [0.5, 0.6) is 11.5 Å². The Morgan fingerprint density at radius 3 is 1.87 bits per heavy atom. The Balaban J connectivity index is 1.83. The van der Waals surface area contributed by atoms with Gasteiger partial charge in [-0.05, 0) is 42.5 Å². The Kier molecular flexibility index (Phi) is 6.51. The fourth-order valence-corrected chi connectivity index (χ4v) is 2.93. The molecule has 0 bridgehead atoms. The number of carboxylic acids is 1. The highest BCUT2D eigenvalue weighted by molar-refractivity contribution is 6.10. The van der Waals surface area contributed by atoms with E-state index in [-0.39, 0.29) is 22.4 Å². The highest BCUT2D eigenvalue weighted by Gasteiger charge is 2.17. The molecule has 0 atom stereocenters. The molecular formula is C23H20N2O6. The third-order valence-corrected chi connectivity index (χ3v) is 4.46. The van der Waals surface area contributed by atoms with Crippen LogP contribution in [0.2, 0.25) is 0 Å². The van der Waals surface area contributed by atoms with Gasteiger partial charge in [-0.1, -0.05) is 24.3 Å². The van der Waals surface area contributed by atoms with E-state index >= 15 is 0 Å². The van der Waals surface area contributed by atoms with Crippen LogP contribution in [0.4, 0.5) is 11.4 Å². The number of rotatable bonds is 7. The van der Waals surface area contributed by atoms with Crippen LogP contribution in [0.25, 0.3) is 0 Å². The van der Waals surface area contributed by atoms with Gasteiger partial charge in [0.1, 0.15) is 17.2 Å². The number of benzene rings is 3. The lowest BCUT2D eigenvalue weighted by atomic mass is 10.1. The van der Waals surface area contributed by atoms with Crippen molar-refractivity contribution in [2.24, 2.45) is 0 Å². The van der Waals surface area contributed by atoms with Crippen LogP contribution in [0.1, 0.15) is 31.1 Å². The van der Waals surface area contributed by atoms with Crippen molar-refractivity contribution in [3.63, 3.8) is 0 Å². The molecule has 0 fully saturated rings. The van der Waals surface area contributed by atoms with Crippen molar-refractivity contribution in [1.29, 1.82) is 0 Å². The molecule has 0 aliphatic heterocycles. The summed E-state index contributed by atoms with van der Waals surface area (Å²) in [6.07, 6.45) is 0. The smallest absolute Gasteiger partial charge is 0.337 e. The summed E-state index contributed by atoms with van der Waals surface area (Å²) in [6.45, 7) is 0. The standard InChI is InChI=1S/C23H20N2O6/c1-30-18-11-6-12-19(31-2)20(18)25-22(27)15-8-5-7-14(13-15)21(26)24-17-10-4-3-9-16(17)23(28)29/h3-13H,1-2H3,(H,24,26)(H,25,27)(H,28,29). The minimum atomic E-state index is -1.16. The first-order valence-corrected chi connectivity index (χ1v) is 9.20. The Bertz CT molecular complexity index is 1120. The summed E-state index contributed by atoms with van der Waals surface area (Å²) in [5.41, 5.74) is 0.913. The van der Waals surface area contributed by atoms with E-state index in [1.165, 1.54) is 38.5 Å². The average Bonchev–Trinajstić information content (AvgIpc) is 2.79. The van der Waals surface area contributed by atoms with Crippen LogP contribution < -0.4 is 20.1 Å². The van der Waals surface area contributed by atoms with Crippen molar-refractivity contribution >= 4 is 29.2 Å². The molecule has 3 N–H and O–H groups in total. The number of carbonyl (C=O) groups excluding carboxylic acids is 2. The molecule has 8 nitrogen and oxygen atoms in total. The van der Waals surface area contributed by atoms with Crippen LogP contribution in [0.3, 0.4) is 0 Å². The van der Waals surface area contributed by atoms with Gasteiger partial charge >= 0.3 is 5.97 Å². The monoisotopic (exact) mass is 420 g/mol. The number of para-hydroxylation sites is 2. The SMILES string of the molecule is COc1cccc(OC)c1NC(=O)c1cccc(C(=O)Nc2ccccc2C(=O)O)c1. The number of hydrogen-bond donors (Lipinski definition) is 3. The average molecular weight is 420 g/mol. The Hall–Kier alpha value is -4.33. The molecule has 31 heavy (non-hydrogen) atoms. The van der Waals surface area contributed by atoms with E-state index in [2.05, 4.69) is 10.6 Å². The molecule has 2 amide bonds. The van der Waals surface area contributed by atoms with Gasteiger partial charge in [-0.3, -0.25) is 9.59 Å². The second-order valence-corrected chi connectivity index (χ2v) is 6.38. The fraction of sp³-hybridized carbons (Fsp3) is 0.0870. The normalized spacial score (nSPS) is 10.1. The van der Waals surface area contributed by atoms with Crippen molar-refractivity contribution in [3.8, 4) is 11.5 Å². The quantitative estimate of drug-likeness (QED) is 0.534. The van der Waals surface area contributed by atoms with Gasteiger partial charge in [-0.15, -0.1) is 0 Å². The van der Waals surface area contributed by atoms with Gasteiger partial charge in [-0.25, -0.2) is 4.79 Å². The van der Waals surface area contributed by atoms with Crippen molar-refractivity contribution in [2.45, 2.75) is 0 Å². The molecule has 0 aromatic heterocycles. The molecule has 0 aliphatic carbocycles. The molecule has 0 aliphatic rings. The van der Waals surface area contributed by atoms with E-state index in [0.717, 1.165) is 0 Å². The van der Waals surface area contributed by atoms with Gasteiger partial charge in [0.15, 0.2) is 0 Å². The lowest BCUT2D eigenvalue weighted by Crippen LogP contribution is -2.17. The summed E-state index contributed by atoms with van der Waals surface area (Å²) in [4.78, 5) is 36.8. The zero-order valence-corrected chi connectivity index (χ0v) is 16.8.